The number of fused-ring (bicyclic) bond motifs is 1. The van der Waals surface area contributed by atoms with E-state index in [4.69, 9.17) is 9.47 Å². The molecule has 0 unspecified atom stereocenters. The second-order valence-corrected chi connectivity index (χ2v) is 5.93. The molecule has 4 heteroatoms. The number of hydrogen-bond donors (Lipinski definition) is 0. The molecule has 0 fully saturated rings. The van der Waals surface area contributed by atoms with Crippen LogP contribution in [0.4, 0.5) is 0 Å². The van der Waals surface area contributed by atoms with Gasteiger partial charge in [-0.05, 0) is 47.9 Å². The van der Waals surface area contributed by atoms with Crippen molar-refractivity contribution in [2.24, 2.45) is 0 Å². The van der Waals surface area contributed by atoms with Crippen LogP contribution in [0.2, 0.25) is 0 Å². The lowest BCUT2D eigenvalue weighted by Gasteiger charge is -2.10. The van der Waals surface area contributed by atoms with Crippen LogP contribution < -0.4 is 9.47 Å². The Morgan fingerprint density at radius 3 is 2.27 bits per heavy atom. The van der Waals surface area contributed by atoms with Crippen LogP contribution in [0.3, 0.4) is 0 Å². The van der Waals surface area contributed by atoms with Gasteiger partial charge in [-0.3, -0.25) is 4.98 Å². The molecule has 0 atom stereocenters. The molecule has 0 radical (unpaired) electrons. The van der Waals surface area contributed by atoms with Crippen molar-refractivity contribution < 1.29 is 9.47 Å². The van der Waals surface area contributed by atoms with Crippen molar-refractivity contribution >= 4 is 26.8 Å². The van der Waals surface area contributed by atoms with Crippen molar-refractivity contribution in [3.05, 3.63) is 64.3 Å². The summed E-state index contributed by atoms with van der Waals surface area (Å²) in [5.41, 5.74) is 3.20. The predicted octanol–water partition coefficient (Wildman–Crippen LogP) is 4.61. The molecule has 3 rings (SSSR count). The summed E-state index contributed by atoms with van der Waals surface area (Å²) in [6.45, 7) is 0. The monoisotopic (exact) mass is 357 g/mol. The van der Waals surface area contributed by atoms with Gasteiger partial charge in [-0.15, -0.1) is 0 Å². The Bertz CT molecular complexity index is 800. The Morgan fingerprint density at radius 2 is 1.59 bits per heavy atom. The fraction of sp³-hybridized carbons (Fsp3) is 0.167. The van der Waals surface area contributed by atoms with E-state index in [1.54, 1.807) is 14.2 Å². The van der Waals surface area contributed by atoms with E-state index in [-0.39, 0.29) is 0 Å². The smallest absolute Gasteiger partial charge is 0.145 e. The zero-order valence-corrected chi connectivity index (χ0v) is 14.1. The highest BCUT2D eigenvalue weighted by molar-refractivity contribution is 9.10. The van der Waals surface area contributed by atoms with Gasteiger partial charge in [-0.2, -0.15) is 0 Å². The highest BCUT2D eigenvalue weighted by Crippen LogP contribution is 2.32. The van der Waals surface area contributed by atoms with Gasteiger partial charge in [0.2, 0.25) is 0 Å². The van der Waals surface area contributed by atoms with E-state index < -0.39 is 0 Å². The lowest BCUT2D eigenvalue weighted by molar-refractivity contribution is 0.409. The van der Waals surface area contributed by atoms with Crippen LogP contribution in [-0.4, -0.2) is 19.2 Å². The van der Waals surface area contributed by atoms with Gasteiger partial charge in [0, 0.05) is 16.1 Å². The van der Waals surface area contributed by atoms with Gasteiger partial charge < -0.3 is 9.47 Å². The largest absolute Gasteiger partial charge is 0.496 e. The Hall–Kier alpha value is -2.07. The molecule has 0 aliphatic heterocycles. The van der Waals surface area contributed by atoms with Crippen molar-refractivity contribution in [3.8, 4) is 11.5 Å². The highest BCUT2D eigenvalue weighted by atomic mass is 79.9. The molecule has 3 nitrogen and oxygen atoms in total. The molecule has 1 aromatic heterocycles. The average molecular weight is 358 g/mol. The fourth-order valence-electron chi connectivity index (χ4n) is 2.49. The topological polar surface area (TPSA) is 31.4 Å². The fourth-order valence-corrected chi connectivity index (χ4v) is 2.75. The van der Waals surface area contributed by atoms with Gasteiger partial charge in [-0.25, -0.2) is 0 Å². The van der Waals surface area contributed by atoms with E-state index in [1.165, 1.54) is 5.56 Å². The number of nitrogens with zero attached hydrogens (tertiary/aromatic N) is 1. The number of aromatic nitrogens is 1. The third-order valence-electron chi connectivity index (χ3n) is 3.59. The Balaban J connectivity index is 2.03. The summed E-state index contributed by atoms with van der Waals surface area (Å²) in [7, 11) is 3.32. The number of rotatable bonds is 4. The third kappa shape index (κ3) is 2.92. The third-order valence-corrected chi connectivity index (χ3v) is 4.12. The number of halogens is 1. The molecule has 0 amide bonds. The van der Waals surface area contributed by atoms with Gasteiger partial charge in [0.1, 0.15) is 17.0 Å². The lowest BCUT2D eigenvalue weighted by atomic mass is 10.0. The van der Waals surface area contributed by atoms with Gasteiger partial charge in [-0.1, -0.05) is 28.1 Å². The van der Waals surface area contributed by atoms with Crippen molar-refractivity contribution in [2.75, 3.05) is 14.2 Å². The SMILES string of the molecule is COc1ccc(OC)c2ncc(Cc3ccc(Br)cc3)cc12. The number of ether oxygens (including phenoxy) is 2. The minimum Gasteiger partial charge on any atom is -0.496 e. The molecule has 112 valence electrons. The van der Waals surface area contributed by atoms with Crippen LogP contribution in [-0.2, 0) is 6.42 Å². The average Bonchev–Trinajstić information content (AvgIpc) is 2.56. The summed E-state index contributed by atoms with van der Waals surface area (Å²) < 4.78 is 11.9. The molecule has 0 saturated heterocycles. The van der Waals surface area contributed by atoms with Crippen LogP contribution in [0.15, 0.2) is 53.1 Å². The molecule has 2 aromatic carbocycles. The van der Waals surface area contributed by atoms with Crippen molar-refractivity contribution in [2.45, 2.75) is 6.42 Å². The minimum absolute atomic E-state index is 0.756. The summed E-state index contributed by atoms with van der Waals surface area (Å²) in [6, 6.07) is 14.2. The molecule has 0 bridgehead atoms. The minimum atomic E-state index is 0.756. The molecule has 1 heterocycles. The number of methoxy groups -OCH3 is 2. The van der Waals surface area contributed by atoms with Crippen LogP contribution in [0.5, 0.6) is 11.5 Å². The first-order valence-electron chi connectivity index (χ1n) is 6.95. The molecule has 0 spiro atoms. The van der Waals surface area contributed by atoms with Crippen molar-refractivity contribution in [1.29, 1.82) is 0 Å². The Morgan fingerprint density at radius 1 is 0.909 bits per heavy atom. The van der Waals surface area contributed by atoms with Crippen molar-refractivity contribution in [1.82, 2.24) is 4.98 Å². The normalized spacial score (nSPS) is 10.7. The second kappa shape index (κ2) is 6.36. The molecule has 0 aliphatic rings. The number of hydrogen-bond acceptors (Lipinski definition) is 3. The van der Waals surface area contributed by atoms with Gasteiger partial charge in [0.05, 0.1) is 14.2 Å². The maximum atomic E-state index is 5.45. The summed E-state index contributed by atoms with van der Waals surface area (Å²) in [5, 5.41) is 0.969. The summed E-state index contributed by atoms with van der Waals surface area (Å²) in [4.78, 5) is 4.56. The zero-order chi connectivity index (χ0) is 15.5. The second-order valence-electron chi connectivity index (χ2n) is 5.01. The number of pyridine rings is 1. The maximum absolute atomic E-state index is 5.45. The van der Waals surface area contributed by atoms with E-state index in [2.05, 4.69) is 39.1 Å². The Labute approximate surface area is 138 Å². The van der Waals surface area contributed by atoms with E-state index in [0.717, 1.165) is 38.9 Å². The highest BCUT2D eigenvalue weighted by Gasteiger charge is 2.09. The van der Waals surface area contributed by atoms with Crippen LogP contribution in [0.1, 0.15) is 11.1 Å². The van der Waals surface area contributed by atoms with E-state index in [9.17, 15) is 0 Å². The molecule has 0 aliphatic carbocycles. The first kappa shape index (κ1) is 14.9. The quantitative estimate of drug-likeness (QED) is 0.683. The first-order valence-corrected chi connectivity index (χ1v) is 7.74. The molecule has 0 saturated carbocycles. The molecule has 22 heavy (non-hydrogen) atoms. The van der Waals surface area contributed by atoms with Gasteiger partial charge in [0.25, 0.3) is 0 Å². The van der Waals surface area contributed by atoms with E-state index in [1.807, 2.05) is 30.5 Å². The molecular weight excluding hydrogens is 342 g/mol. The van der Waals surface area contributed by atoms with Crippen molar-refractivity contribution in [3.63, 3.8) is 0 Å². The standard InChI is InChI=1S/C18H16BrNO2/c1-21-16-7-8-17(22-2)18-15(16)10-13(11-20-18)9-12-3-5-14(19)6-4-12/h3-8,10-11H,9H2,1-2H3. The maximum Gasteiger partial charge on any atom is 0.145 e. The summed E-state index contributed by atoms with van der Waals surface area (Å²) in [6.07, 6.45) is 2.73. The molecule has 0 N–H and O–H groups in total. The Kier molecular flexibility index (Phi) is 4.29. The summed E-state index contributed by atoms with van der Waals surface area (Å²) in [5.74, 6) is 1.56. The van der Waals surface area contributed by atoms with Gasteiger partial charge >= 0.3 is 0 Å². The van der Waals surface area contributed by atoms with Crippen LogP contribution in [0, 0.1) is 0 Å². The van der Waals surface area contributed by atoms with E-state index in [0.29, 0.717) is 0 Å². The lowest BCUT2D eigenvalue weighted by Crippen LogP contribution is -1.94. The predicted molar refractivity (Wildman–Crippen MR) is 91.8 cm³/mol. The summed E-state index contributed by atoms with van der Waals surface area (Å²) >= 11 is 3.46. The van der Waals surface area contributed by atoms with Gasteiger partial charge in [0.15, 0.2) is 0 Å². The number of benzene rings is 2. The zero-order valence-electron chi connectivity index (χ0n) is 12.5. The molecule has 3 aromatic rings. The van der Waals surface area contributed by atoms with Crippen LogP contribution >= 0.6 is 15.9 Å². The van der Waals surface area contributed by atoms with E-state index >= 15 is 0 Å². The first-order chi connectivity index (χ1) is 10.7. The molecular formula is C18H16BrNO2. The van der Waals surface area contributed by atoms with Crippen LogP contribution in [0.25, 0.3) is 10.9 Å².